The van der Waals surface area contributed by atoms with Crippen molar-refractivity contribution in [1.82, 2.24) is 5.32 Å². The van der Waals surface area contributed by atoms with Crippen molar-refractivity contribution in [2.24, 2.45) is 0 Å². The molecule has 21 heavy (non-hydrogen) atoms. The van der Waals surface area contributed by atoms with Gasteiger partial charge in [0.1, 0.15) is 0 Å². The number of benzene rings is 1. The molecule has 2 N–H and O–H groups in total. The average molecular weight is 287 g/mol. The number of hydrogen-bond acceptors (Lipinski definition) is 1. The molecule has 1 aromatic rings. The van der Waals surface area contributed by atoms with Gasteiger partial charge in [-0.1, -0.05) is 30.3 Å². The second kappa shape index (κ2) is 6.44. The Kier molecular flexibility index (Phi) is 4.84. The fourth-order valence-electron chi connectivity index (χ4n) is 2.72. The van der Waals surface area contributed by atoms with Gasteiger partial charge in [0, 0.05) is 12.0 Å². The van der Waals surface area contributed by atoms with Gasteiger partial charge in [-0.25, -0.2) is 0 Å². The molecule has 0 aliphatic carbocycles. The van der Waals surface area contributed by atoms with Gasteiger partial charge >= 0.3 is 0 Å². The summed E-state index contributed by atoms with van der Waals surface area (Å²) < 4.78 is 0. The monoisotopic (exact) mass is 287 g/mol. The predicted octanol–water partition coefficient (Wildman–Crippen LogP) is 1.66. The van der Waals surface area contributed by atoms with Gasteiger partial charge in [-0.15, -0.1) is 0 Å². The minimum Gasteiger partial charge on any atom is -0.346 e. The van der Waals surface area contributed by atoms with Crippen molar-refractivity contribution < 1.29 is 9.69 Å². The van der Waals surface area contributed by atoms with Crippen LogP contribution in [0.5, 0.6) is 0 Å². The Hall–Kier alpha value is -1.61. The summed E-state index contributed by atoms with van der Waals surface area (Å²) in [6.45, 7) is 10.0. The summed E-state index contributed by atoms with van der Waals surface area (Å²) in [5.41, 5.74) is 2.55. The Labute approximate surface area is 128 Å². The highest BCUT2D eigenvalue weighted by atomic mass is 16.2. The van der Waals surface area contributed by atoms with Crippen LogP contribution in [0.25, 0.3) is 5.57 Å². The number of nitrogens with one attached hydrogen (secondary N) is 2. The van der Waals surface area contributed by atoms with E-state index in [1.54, 1.807) is 0 Å². The van der Waals surface area contributed by atoms with E-state index in [-0.39, 0.29) is 17.5 Å². The Bertz CT molecular complexity index is 514. The van der Waals surface area contributed by atoms with Crippen LogP contribution in [0.2, 0.25) is 0 Å². The van der Waals surface area contributed by atoms with E-state index < -0.39 is 0 Å². The highest BCUT2D eigenvalue weighted by Crippen LogP contribution is 2.17. The first-order chi connectivity index (χ1) is 9.87. The molecule has 0 spiro atoms. The van der Waals surface area contributed by atoms with Gasteiger partial charge in [-0.3, -0.25) is 4.79 Å². The normalized spacial score (nSPS) is 20.6. The van der Waals surface area contributed by atoms with Gasteiger partial charge in [0.15, 0.2) is 6.04 Å². The van der Waals surface area contributed by atoms with Crippen LogP contribution < -0.4 is 10.2 Å². The van der Waals surface area contributed by atoms with E-state index in [1.807, 2.05) is 33.8 Å². The Morgan fingerprint density at radius 1 is 1.24 bits per heavy atom. The molecule has 0 aromatic heterocycles. The molecular weight excluding hydrogens is 260 g/mol. The zero-order valence-electron chi connectivity index (χ0n) is 13.6. The Morgan fingerprint density at radius 3 is 2.43 bits per heavy atom. The van der Waals surface area contributed by atoms with Gasteiger partial charge in [-0.2, -0.15) is 0 Å². The number of quaternary nitrogens is 1. The molecular formula is C18H27N2O+. The number of rotatable bonds is 3. The summed E-state index contributed by atoms with van der Waals surface area (Å²) in [5, 5.41) is 3.08. The smallest absolute Gasteiger partial charge is 0.278 e. The van der Waals surface area contributed by atoms with Crippen LogP contribution in [-0.4, -0.2) is 30.6 Å². The van der Waals surface area contributed by atoms with Crippen molar-refractivity contribution >= 4 is 11.5 Å². The molecule has 1 aliphatic heterocycles. The van der Waals surface area contributed by atoms with Gasteiger partial charge < -0.3 is 10.2 Å². The summed E-state index contributed by atoms with van der Waals surface area (Å²) in [6.07, 6.45) is 3.32. The number of amides is 1. The van der Waals surface area contributed by atoms with E-state index in [2.05, 4.69) is 35.7 Å². The lowest BCUT2D eigenvalue weighted by atomic mass is 9.98. The first-order valence-corrected chi connectivity index (χ1v) is 7.78. The third-order valence-corrected chi connectivity index (χ3v) is 3.97. The third-order valence-electron chi connectivity index (χ3n) is 3.97. The highest BCUT2D eigenvalue weighted by molar-refractivity contribution is 5.80. The largest absolute Gasteiger partial charge is 0.346 e. The van der Waals surface area contributed by atoms with E-state index in [0.717, 1.165) is 19.5 Å². The van der Waals surface area contributed by atoms with E-state index in [9.17, 15) is 4.79 Å². The SMILES string of the molecule is C[C@H](C(=O)NC(C)(C)C)[NH+]1CC=C(c2ccccc2)CC1. The van der Waals surface area contributed by atoms with Crippen LogP contribution in [-0.2, 0) is 4.79 Å². The lowest BCUT2D eigenvalue weighted by molar-refractivity contribution is -0.909. The van der Waals surface area contributed by atoms with Crippen molar-refractivity contribution in [2.45, 2.75) is 45.7 Å². The zero-order chi connectivity index (χ0) is 15.5. The molecule has 1 unspecified atom stereocenters. The van der Waals surface area contributed by atoms with Crippen LogP contribution in [0.4, 0.5) is 0 Å². The maximum atomic E-state index is 12.3. The Morgan fingerprint density at radius 2 is 1.90 bits per heavy atom. The fraction of sp³-hybridized carbons (Fsp3) is 0.500. The van der Waals surface area contributed by atoms with E-state index in [4.69, 9.17) is 0 Å². The van der Waals surface area contributed by atoms with Crippen LogP contribution >= 0.6 is 0 Å². The van der Waals surface area contributed by atoms with Gasteiger partial charge in [0.05, 0.1) is 13.1 Å². The molecule has 1 amide bonds. The molecule has 114 valence electrons. The van der Waals surface area contributed by atoms with Gasteiger partial charge in [0.2, 0.25) is 0 Å². The molecule has 1 aromatic carbocycles. The minimum absolute atomic E-state index is 0.00204. The Balaban J connectivity index is 1.97. The molecule has 0 saturated carbocycles. The van der Waals surface area contributed by atoms with Crippen LogP contribution in [0, 0.1) is 0 Å². The molecule has 0 radical (unpaired) electrons. The van der Waals surface area contributed by atoms with Gasteiger partial charge in [-0.05, 0) is 44.9 Å². The maximum absolute atomic E-state index is 12.3. The minimum atomic E-state index is -0.161. The topological polar surface area (TPSA) is 33.5 Å². The van der Waals surface area contributed by atoms with Crippen LogP contribution in [0.3, 0.4) is 0 Å². The quantitative estimate of drug-likeness (QED) is 0.871. The summed E-state index contributed by atoms with van der Waals surface area (Å²) in [5.74, 6) is 0.147. The van der Waals surface area contributed by atoms with Crippen molar-refractivity contribution in [3.8, 4) is 0 Å². The van der Waals surface area contributed by atoms with Crippen molar-refractivity contribution in [3.63, 3.8) is 0 Å². The summed E-state index contributed by atoms with van der Waals surface area (Å²) >= 11 is 0. The molecule has 0 fully saturated rings. The number of hydrogen-bond donors (Lipinski definition) is 2. The molecule has 2 rings (SSSR count). The lowest BCUT2D eigenvalue weighted by Crippen LogP contribution is -3.17. The summed E-state index contributed by atoms with van der Waals surface area (Å²) in [6, 6.07) is 10.5. The first-order valence-electron chi connectivity index (χ1n) is 7.78. The highest BCUT2D eigenvalue weighted by Gasteiger charge is 2.29. The van der Waals surface area contributed by atoms with Crippen LogP contribution in [0.15, 0.2) is 36.4 Å². The molecule has 3 nitrogen and oxygen atoms in total. The fourth-order valence-corrected chi connectivity index (χ4v) is 2.72. The van der Waals surface area contributed by atoms with E-state index in [0.29, 0.717) is 0 Å². The van der Waals surface area contributed by atoms with Crippen molar-refractivity contribution in [3.05, 3.63) is 42.0 Å². The molecule has 2 atom stereocenters. The third kappa shape index (κ3) is 4.43. The number of carbonyl (C=O) groups excluding carboxylic acids is 1. The van der Waals surface area contributed by atoms with Crippen molar-refractivity contribution in [2.75, 3.05) is 13.1 Å². The van der Waals surface area contributed by atoms with Crippen molar-refractivity contribution in [1.29, 1.82) is 0 Å². The number of carbonyl (C=O) groups is 1. The molecule has 1 heterocycles. The molecule has 1 aliphatic rings. The molecule has 3 heteroatoms. The van der Waals surface area contributed by atoms with E-state index in [1.165, 1.54) is 16.0 Å². The maximum Gasteiger partial charge on any atom is 0.278 e. The average Bonchev–Trinajstić information content (AvgIpc) is 2.46. The van der Waals surface area contributed by atoms with Crippen LogP contribution in [0.1, 0.15) is 39.7 Å². The van der Waals surface area contributed by atoms with E-state index >= 15 is 0 Å². The second-order valence-corrected chi connectivity index (χ2v) is 6.92. The van der Waals surface area contributed by atoms with Gasteiger partial charge in [0.25, 0.3) is 5.91 Å². The zero-order valence-corrected chi connectivity index (χ0v) is 13.6. The second-order valence-electron chi connectivity index (χ2n) is 6.92. The predicted molar refractivity (Wildman–Crippen MR) is 87.1 cm³/mol. The standard InChI is InChI=1S/C18H26N2O/c1-14(17(21)19-18(2,3)4)20-12-10-16(11-13-20)15-8-6-5-7-9-15/h5-10,14H,11-13H2,1-4H3,(H,19,21)/p+1/t14-/m1/s1. The summed E-state index contributed by atoms with van der Waals surface area (Å²) in [7, 11) is 0. The lowest BCUT2D eigenvalue weighted by Gasteiger charge is -2.30. The first kappa shape index (κ1) is 15.8. The molecule has 0 saturated heterocycles. The summed E-state index contributed by atoms with van der Waals surface area (Å²) in [4.78, 5) is 13.6. The molecule has 0 bridgehead atoms.